The molecule has 0 aromatic carbocycles. The molecule has 1 aliphatic heterocycles. The quantitative estimate of drug-likeness (QED) is 0.494. The number of carboxylic acids is 1. The van der Waals surface area contributed by atoms with Crippen LogP contribution in [0.15, 0.2) is 0 Å². The third-order valence-electron chi connectivity index (χ3n) is 1.54. The molecule has 0 spiro atoms. The van der Waals surface area contributed by atoms with E-state index in [9.17, 15) is 9.59 Å². The Morgan fingerprint density at radius 3 is 2.91 bits per heavy atom. The number of carbonyl (C=O) groups excluding carboxylic acids is 1. The first-order chi connectivity index (χ1) is 5.13. The molecule has 0 aromatic heterocycles. The largest absolute Gasteiger partial charge is 0.479 e. The lowest BCUT2D eigenvalue weighted by Gasteiger charge is -2.26. The Labute approximate surface area is 63.5 Å². The number of likely N-dealkylation sites (N-methyl/N-ethyl adjacent to an activating group) is 1. The van der Waals surface area contributed by atoms with Crippen molar-refractivity contribution in [1.29, 1.82) is 0 Å². The second-order valence-corrected chi connectivity index (χ2v) is 2.35. The second kappa shape index (κ2) is 2.87. The first-order valence-electron chi connectivity index (χ1n) is 3.22. The Kier molecular flexibility index (Phi) is 2.09. The van der Waals surface area contributed by atoms with Crippen molar-refractivity contribution in [2.75, 3.05) is 20.2 Å². The standard InChI is InChI=1S/C6H9NO4/c1-7-2-3-11-4(5(7)8)6(9)10/h4H,2-3H2,1H3,(H,9,10)/t4-/m1/s1. The Balaban J connectivity index is 2.66. The summed E-state index contributed by atoms with van der Waals surface area (Å²) in [6.07, 6.45) is -1.30. The summed E-state index contributed by atoms with van der Waals surface area (Å²) in [5.41, 5.74) is 0. The average Bonchev–Trinajstić information content (AvgIpc) is 1.94. The Morgan fingerprint density at radius 2 is 2.45 bits per heavy atom. The van der Waals surface area contributed by atoms with E-state index >= 15 is 0 Å². The summed E-state index contributed by atoms with van der Waals surface area (Å²) in [5.74, 6) is -1.70. The molecule has 5 nitrogen and oxygen atoms in total. The zero-order valence-corrected chi connectivity index (χ0v) is 6.11. The number of hydrogen-bond donors (Lipinski definition) is 1. The first kappa shape index (κ1) is 8.00. The minimum atomic E-state index is -1.30. The van der Waals surface area contributed by atoms with E-state index in [4.69, 9.17) is 9.84 Å². The Bertz CT molecular complexity index is 191. The van der Waals surface area contributed by atoms with Crippen LogP contribution >= 0.6 is 0 Å². The number of carboxylic acid groups (broad SMARTS) is 1. The molecular weight excluding hydrogens is 150 g/mol. The Morgan fingerprint density at radius 1 is 1.82 bits per heavy atom. The number of rotatable bonds is 1. The van der Waals surface area contributed by atoms with Gasteiger partial charge in [0.05, 0.1) is 6.61 Å². The summed E-state index contributed by atoms with van der Waals surface area (Å²) in [5, 5.41) is 8.45. The highest BCUT2D eigenvalue weighted by Gasteiger charge is 2.33. The van der Waals surface area contributed by atoms with Gasteiger partial charge in [-0.05, 0) is 0 Å². The van der Waals surface area contributed by atoms with Gasteiger partial charge in [-0.25, -0.2) is 4.79 Å². The van der Waals surface area contributed by atoms with Crippen molar-refractivity contribution < 1.29 is 19.4 Å². The van der Waals surface area contributed by atoms with Gasteiger partial charge in [0, 0.05) is 13.6 Å². The lowest BCUT2D eigenvalue weighted by molar-refractivity contribution is -0.167. The van der Waals surface area contributed by atoms with Crippen LogP contribution in [0.25, 0.3) is 0 Å². The van der Waals surface area contributed by atoms with E-state index in [0.717, 1.165) is 0 Å². The molecule has 0 saturated carbocycles. The van der Waals surface area contributed by atoms with Gasteiger partial charge in [-0.15, -0.1) is 0 Å². The molecule has 1 N–H and O–H groups in total. The zero-order valence-electron chi connectivity index (χ0n) is 6.11. The van der Waals surface area contributed by atoms with Crippen molar-refractivity contribution in [3.8, 4) is 0 Å². The predicted molar refractivity (Wildman–Crippen MR) is 35.0 cm³/mol. The third kappa shape index (κ3) is 1.48. The summed E-state index contributed by atoms with van der Waals surface area (Å²) in [6, 6.07) is 0. The summed E-state index contributed by atoms with van der Waals surface area (Å²) in [7, 11) is 1.56. The molecule has 11 heavy (non-hydrogen) atoms. The molecule has 1 rings (SSSR count). The van der Waals surface area contributed by atoms with Gasteiger partial charge >= 0.3 is 5.97 Å². The van der Waals surface area contributed by atoms with Crippen LogP contribution in [-0.4, -0.2) is 48.2 Å². The first-order valence-corrected chi connectivity index (χ1v) is 3.22. The fourth-order valence-electron chi connectivity index (χ4n) is 0.866. The highest BCUT2D eigenvalue weighted by atomic mass is 16.5. The fourth-order valence-corrected chi connectivity index (χ4v) is 0.866. The van der Waals surface area contributed by atoms with Crippen molar-refractivity contribution in [3.63, 3.8) is 0 Å². The van der Waals surface area contributed by atoms with Gasteiger partial charge in [-0.2, -0.15) is 0 Å². The van der Waals surface area contributed by atoms with Crippen molar-refractivity contribution in [3.05, 3.63) is 0 Å². The number of aliphatic carboxylic acids is 1. The normalized spacial score (nSPS) is 25.4. The topological polar surface area (TPSA) is 66.8 Å². The molecule has 0 unspecified atom stereocenters. The molecule has 1 atom stereocenters. The van der Waals surface area contributed by atoms with Crippen LogP contribution in [0, 0.1) is 0 Å². The van der Waals surface area contributed by atoms with Crippen LogP contribution in [0.2, 0.25) is 0 Å². The highest BCUT2D eigenvalue weighted by molar-refractivity contribution is 6.00. The minimum Gasteiger partial charge on any atom is -0.479 e. The molecule has 0 aromatic rings. The van der Waals surface area contributed by atoms with Gasteiger partial charge in [0.25, 0.3) is 5.91 Å². The number of nitrogens with zero attached hydrogens (tertiary/aromatic N) is 1. The summed E-state index contributed by atoms with van der Waals surface area (Å²) in [6.45, 7) is 0.752. The molecule has 0 bridgehead atoms. The van der Waals surface area contributed by atoms with Crippen LogP contribution < -0.4 is 0 Å². The average molecular weight is 159 g/mol. The molecule has 0 aliphatic carbocycles. The molecular formula is C6H9NO4. The second-order valence-electron chi connectivity index (χ2n) is 2.35. The van der Waals surface area contributed by atoms with Gasteiger partial charge in [0.2, 0.25) is 6.10 Å². The molecule has 1 aliphatic rings. The number of hydrogen-bond acceptors (Lipinski definition) is 3. The maximum Gasteiger partial charge on any atom is 0.342 e. The number of carbonyl (C=O) groups is 2. The van der Waals surface area contributed by atoms with Gasteiger partial charge in [0.15, 0.2) is 0 Å². The van der Waals surface area contributed by atoms with E-state index in [2.05, 4.69) is 0 Å². The van der Waals surface area contributed by atoms with Crippen LogP contribution in [0.1, 0.15) is 0 Å². The summed E-state index contributed by atoms with van der Waals surface area (Å²) in [4.78, 5) is 22.7. The van der Waals surface area contributed by atoms with Gasteiger partial charge in [-0.1, -0.05) is 0 Å². The van der Waals surface area contributed by atoms with Crippen molar-refractivity contribution in [2.24, 2.45) is 0 Å². The Hall–Kier alpha value is -1.10. The van der Waals surface area contributed by atoms with Crippen LogP contribution in [0.5, 0.6) is 0 Å². The van der Waals surface area contributed by atoms with E-state index in [1.165, 1.54) is 4.90 Å². The SMILES string of the molecule is CN1CCO[C@@H](C(=O)O)C1=O. The lowest BCUT2D eigenvalue weighted by atomic mass is 10.3. The third-order valence-corrected chi connectivity index (χ3v) is 1.54. The molecule has 0 radical (unpaired) electrons. The van der Waals surface area contributed by atoms with Crippen molar-refractivity contribution >= 4 is 11.9 Å². The molecule has 62 valence electrons. The van der Waals surface area contributed by atoms with E-state index < -0.39 is 18.0 Å². The molecule has 1 fully saturated rings. The van der Waals surface area contributed by atoms with Crippen LogP contribution in [0.3, 0.4) is 0 Å². The molecule has 1 saturated heterocycles. The van der Waals surface area contributed by atoms with Crippen LogP contribution in [0.4, 0.5) is 0 Å². The van der Waals surface area contributed by atoms with E-state index in [1.54, 1.807) is 7.05 Å². The van der Waals surface area contributed by atoms with E-state index in [-0.39, 0.29) is 0 Å². The number of ether oxygens (including phenoxy) is 1. The van der Waals surface area contributed by atoms with Crippen molar-refractivity contribution in [1.82, 2.24) is 4.90 Å². The van der Waals surface area contributed by atoms with Crippen molar-refractivity contribution in [2.45, 2.75) is 6.10 Å². The van der Waals surface area contributed by atoms with Gasteiger partial charge in [-0.3, -0.25) is 4.79 Å². The van der Waals surface area contributed by atoms with Gasteiger partial charge in [0.1, 0.15) is 0 Å². The lowest BCUT2D eigenvalue weighted by Crippen LogP contribution is -2.49. The van der Waals surface area contributed by atoms with Gasteiger partial charge < -0.3 is 14.7 Å². The van der Waals surface area contributed by atoms with E-state index in [0.29, 0.717) is 13.2 Å². The monoisotopic (exact) mass is 159 g/mol. The zero-order chi connectivity index (χ0) is 8.43. The smallest absolute Gasteiger partial charge is 0.342 e. The maximum atomic E-state index is 11.0. The molecule has 1 heterocycles. The minimum absolute atomic E-state index is 0.291. The molecule has 1 amide bonds. The number of morpholine rings is 1. The highest BCUT2D eigenvalue weighted by Crippen LogP contribution is 2.04. The number of amides is 1. The molecule has 5 heteroatoms. The summed E-state index contributed by atoms with van der Waals surface area (Å²) >= 11 is 0. The van der Waals surface area contributed by atoms with Crippen LogP contribution in [-0.2, 0) is 14.3 Å². The summed E-state index contributed by atoms with van der Waals surface area (Å²) < 4.78 is 4.73. The fraction of sp³-hybridized carbons (Fsp3) is 0.667. The maximum absolute atomic E-state index is 11.0. The van der Waals surface area contributed by atoms with E-state index in [1.807, 2.05) is 0 Å². The predicted octanol–water partition coefficient (Wildman–Crippen LogP) is -1.07.